The van der Waals surface area contributed by atoms with Gasteiger partial charge < -0.3 is 10.1 Å². The van der Waals surface area contributed by atoms with E-state index in [4.69, 9.17) is 4.74 Å². The first-order valence-corrected chi connectivity index (χ1v) is 10.3. The molecule has 1 aliphatic rings. The van der Waals surface area contributed by atoms with E-state index in [1.807, 2.05) is 42.6 Å². The number of carbonyl (C=O) groups is 3. The predicted octanol–water partition coefficient (Wildman–Crippen LogP) is 2.95. The molecule has 0 aliphatic carbocycles. The normalized spacial score (nSPS) is 14.1. The highest BCUT2D eigenvalue weighted by atomic mass is 32.2. The van der Waals surface area contributed by atoms with Crippen molar-refractivity contribution < 1.29 is 19.1 Å². The number of carbonyl (C=O) groups excluding carboxylic acids is 3. The number of urea groups is 1. The van der Waals surface area contributed by atoms with Crippen LogP contribution >= 0.6 is 23.5 Å². The van der Waals surface area contributed by atoms with Gasteiger partial charge in [0.25, 0.3) is 5.91 Å². The SMILES string of the molecule is CCCCNC(=O)NC(=O)COC(=O)c1ccc(C2SCCS2)cc1. The Bertz CT molecular complexity index is 601. The van der Waals surface area contributed by atoms with Crippen molar-refractivity contribution in [2.24, 2.45) is 0 Å². The standard InChI is InChI=1S/C17H22N2O4S2/c1-2-3-8-18-17(22)19-14(20)11-23-15(21)12-4-6-13(7-5-12)16-24-9-10-25-16/h4-7,16H,2-3,8-11H2,1H3,(H2,18,19,20,22). The van der Waals surface area contributed by atoms with E-state index in [2.05, 4.69) is 10.6 Å². The average Bonchev–Trinajstić information content (AvgIpc) is 3.14. The lowest BCUT2D eigenvalue weighted by atomic mass is 10.1. The van der Waals surface area contributed by atoms with Crippen LogP contribution in [0, 0.1) is 0 Å². The number of imide groups is 1. The average molecular weight is 383 g/mol. The zero-order valence-corrected chi connectivity index (χ0v) is 15.7. The number of thioether (sulfide) groups is 2. The summed E-state index contributed by atoms with van der Waals surface area (Å²) in [6.45, 7) is 2.01. The molecule has 0 saturated carbocycles. The van der Waals surface area contributed by atoms with Gasteiger partial charge in [-0.25, -0.2) is 9.59 Å². The van der Waals surface area contributed by atoms with Gasteiger partial charge in [0.2, 0.25) is 0 Å². The molecule has 1 aliphatic heterocycles. The van der Waals surface area contributed by atoms with Crippen molar-refractivity contribution in [2.45, 2.75) is 24.3 Å². The van der Waals surface area contributed by atoms with Gasteiger partial charge in [-0.1, -0.05) is 25.5 Å². The summed E-state index contributed by atoms with van der Waals surface area (Å²) in [4.78, 5) is 35.0. The van der Waals surface area contributed by atoms with Crippen LogP contribution in [0.1, 0.15) is 40.3 Å². The zero-order valence-electron chi connectivity index (χ0n) is 14.1. The molecule has 3 amide bonds. The molecule has 6 nitrogen and oxygen atoms in total. The van der Waals surface area contributed by atoms with Crippen LogP contribution in [0.15, 0.2) is 24.3 Å². The number of esters is 1. The highest BCUT2D eigenvalue weighted by Gasteiger charge is 2.19. The van der Waals surface area contributed by atoms with E-state index in [1.165, 1.54) is 5.56 Å². The molecule has 0 spiro atoms. The number of benzene rings is 1. The van der Waals surface area contributed by atoms with Crippen LogP contribution in [0.5, 0.6) is 0 Å². The molecule has 136 valence electrons. The Balaban J connectivity index is 1.73. The van der Waals surface area contributed by atoms with Crippen LogP contribution in [-0.4, -0.2) is 42.6 Å². The molecule has 1 heterocycles. The van der Waals surface area contributed by atoms with Crippen LogP contribution in [0.25, 0.3) is 0 Å². The van der Waals surface area contributed by atoms with Gasteiger partial charge in [0.15, 0.2) is 6.61 Å². The summed E-state index contributed by atoms with van der Waals surface area (Å²) >= 11 is 3.78. The third-order valence-corrected chi connectivity index (χ3v) is 6.55. The van der Waals surface area contributed by atoms with Crippen LogP contribution in [0.4, 0.5) is 4.79 Å². The molecular formula is C17H22N2O4S2. The highest BCUT2D eigenvalue weighted by molar-refractivity contribution is 8.19. The first kappa shape index (κ1) is 19.7. The topological polar surface area (TPSA) is 84.5 Å². The van der Waals surface area contributed by atoms with Crippen molar-refractivity contribution in [3.05, 3.63) is 35.4 Å². The van der Waals surface area contributed by atoms with Crippen molar-refractivity contribution in [3.8, 4) is 0 Å². The molecular weight excluding hydrogens is 360 g/mol. The lowest BCUT2D eigenvalue weighted by Gasteiger charge is -2.09. The largest absolute Gasteiger partial charge is 0.452 e. The van der Waals surface area contributed by atoms with Crippen molar-refractivity contribution in [1.29, 1.82) is 0 Å². The van der Waals surface area contributed by atoms with Gasteiger partial charge >= 0.3 is 12.0 Å². The summed E-state index contributed by atoms with van der Waals surface area (Å²) in [6, 6.07) is 6.64. The Hall–Kier alpha value is -1.67. The van der Waals surface area contributed by atoms with Crippen LogP contribution in [0.3, 0.4) is 0 Å². The Kier molecular flexibility index (Phi) is 8.14. The van der Waals surface area contributed by atoms with E-state index in [9.17, 15) is 14.4 Å². The number of amides is 3. The van der Waals surface area contributed by atoms with Crippen molar-refractivity contribution in [2.75, 3.05) is 24.7 Å². The van der Waals surface area contributed by atoms with Crippen molar-refractivity contribution in [3.63, 3.8) is 0 Å². The smallest absolute Gasteiger partial charge is 0.338 e. The lowest BCUT2D eigenvalue weighted by molar-refractivity contribution is -0.123. The summed E-state index contributed by atoms with van der Waals surface area (Å²) < 4.78 is 5.36. The molecule has 1 aromatic rings. The summed E-state index contributed by atoms with van der Waals surface area (Å²) in [7, 11) is 0. The summed E-state index contributed by atoms with van der Waals surface area (Å²) in [5.74, 6) is 1.04. The van der Waals surface area contributed by atoms with Gasteiger partial charge in [0, 0.05) is 18.1 Å². The molecule has 25 heavy (non-hydrogen) atoms. The zero-order chi connectivity index (χ0) is 18.1. The molecule has 0 radical (unpaired) electrons. The van der Waals surface area contributed by atoms with Gasteiger partial charge in [-0.2, -0.15) is 0 Å². The fraction of sp³-hybridized carbons (Fsp3) is 0.471. The third kappa shape index (κ3) is 6.62. The van der Waals surface area contributed by atoms with E-state index in [-0.39, 0.29) is 0 Å². The molecule has 1 aromatic carbocycles. The Morgan fingerprint density at radius 2 is 1.84 bits per heavy atom. The highest BCUT2D eigenvalue weighted by Crippen LogP contribution is 2.45. The third-order valence-electron chi connectivity index (χ3n) is 3.44. The number of rotatable bonds is 7. The van der Waals surface area contributed by atoms with E-state index in [0.29, 0.717) is 16.7 Å². The van der Waals surface area contributed by atoms with E-state index < -0.39 is 24.5 Å². The Morgan fingerprint density at radius 3 is 2.48 bits per heavy atom. The molecule has 0 unspecified atom stereocenters. The minimum atomic E-state index is -0.655. The Labute approximate surface area is 155 Å². The summed E-state index contributed by atoms with van der Waals surface area (Å²) in [5, 5.41) is 4.67. The number of nitrogens with one attached hydrogen (secondary N) is 2. The molecule has 1 saturated heterocycles. The molecule has 1 fully saturated rings. The molecule has 0 aromatic heterocycles. The number of unbranched alkanes of at least 4 members (excludes halogenated alkanes) is 1. The first-order chi connectivity index (χ1) is 12.1. The number of hydrogen-bond donors (Lipinski definition) is 2. The quantitative estimate of drug-likeness (QED) is 0.557. The second-order valence-electron chi connectivity index (χ2n) is 5.43. The monoisotopic (exact) mass is 382 g/mol. The van der Waals surface area contributed by atoms with E-state index in [0.717, 1.165) is 24.3 Å². The van der Waals surface area contributed by atoms with E-state index >= 15 is 0 Å². The number of hydrogen-bond acceptors (Lipinski definition) is 6. The maximum absolute atomic E-state index is 12.0. The predicted molar refractivity (Wildman–Crippen MR) is 101 cm³/mol. The minimum Gasteiger partial charge on any atom is -0.452 e. The molecule has 8 heteroatoms. The van der Waals surface area contributed by atoms with Crippen LogP contribution in [0.2, 0.25) is 0 Å². The second kappa shape index (κ2) is 10.4. The number of ether oxygens (including phenoxy) is 1. The fourth-order valence-corrected chi connectivity index (χ4v) is 4.99. The maximum atomic E-state index is 12.0. The van der Waals surface area contributed by atoms with Gasteiger partial charge in [0.05, 0.1) is 10.1 Å². The van der Waals surface area contributed by atoms with Gasteiger partial charge in [-0.3, -0.25) is 10.1 Å². The molecule has 2 N–H and O–H groups in total. The Morgan fingerprint density at radius 1 is 1.16 bits per heavy atom. The fourth-order valence-electron chi connectivity index (χ4n) is 2.13. The lowest BCUT2D eigenvalue weighted by Crippen LogP contribution is -2.41. The van der Waals surface area contributed by atoms with Crippen LogP contribution < -0.4 is 10.6 Å². The summed E-state index contributed by atoms with van der Waals surface area (Å²) in [5.41, 5.74) is 1.56. The van der Waals surface area contributed by atoms with Gasteiger partial charge in [0.1, 0.15) is 0 Å². The van der Waals surface area contributed by atoms with Crippen molar-refractivity contribution in [1.82, 2.24) is 10.6 Å². The first-order valence-electron chi connectivity index (χ1n) is 8.18. The van der Waals surface area contributed by atoms with Gasteiger partial charge in [-0.15, -0.1) is 23.5 Å². The van der Waals surface area contributed by atoms with Crippen molar-refractivity contribution >= 4 is 41.4 Å². The summed E-state index contributed by atoms with van der Waals surface area (Å²) in [6.07, 6.45) is 1.78. The molecule has 2 rings (SSSR count). The molecule has 0 atom stereocenters. The van der Waals surface area contributed by atoms with Gasteiger partial charge in [-0.05, 0) is 24.1 Å². The maximum Gasteiger partial charge on any atom is 0.338 e. The molecule has 0 bridgehead atoms. The van der Waals surface area contributed by atoms with E-state index in [1.54, 1.807) is 12.1 Å². The van der Waals surface area contributed by atoms with Crippen LogP contribution in [-0.2, 0) is 9.53 Å². The minimum absolute atomic E-state index is 0.386. The second-order valence-corrected chi connectivity index (χ2v) is 8.15.